The predicted octanol–water partition coefficient (Wildman–Crippen LogP) is 1.20. The fourth-order valence-electron chi connectivity index (χ4n) is 3.18. The van der Waals surface area contributed by atoms with Gasteiger partial charge in [0.15, 0.2) is 13.2 Å². The minimum Gasteiger partial charge on any atom is -0.469 e. The van der Waals surface area contributed by atoms with Crippen LogP contribution in [0.1, 0.15) is 24.4 Å². The molecular formula is C22H26N2O8. The molecule has 3 heterocycles. The van der Waals surface area contributed by atoms with Crippen LogP contribution in [-0.2, 0) is 41.5 Å². The van der Waals surface area contributed by atoms with Crippen molar-refractivity contribution in [2.24, 2.45) is 0 Å². The van der Waals surface area contributed by atoms with Gasteiger partial charge in [0.25, 0.3) is 11.8 Å². The number of aryl methyl sites for hydroxylation is 2. The van der Waals surface area contributed by atoms with Crippen molar-refractivity contribution in [1.82, 2.24) is 9.80 Å². The Kier molecular flexibility index (Phi) is 8.47. The zero-order chi connectivity index (χ0) is 22.8. The van der Waals surface area contributed by atoms with Gasteiger partial charge in [-0.2, -0.15) is 0 Å². The smallest absolute Gasteiger partial charge is 0.306 e. The van der Waals surface area contributed by atoms with Crippen molar-refractivity contribution in [3.8, 4) is 0 Å². The normalized spacial score (nSPS) is 13.6. The molecule has 2 aromatic heterocycles. The van der Waals surface area contributed by atoms with Gasteiger partial charge in [-0.3, -0.25) is 19.2 Å². The summed E-state index contributed by atoms with van der Waals surface area (Å²) in [7, 11) is 0. The summed E-state index contributed by atoms with van der Waals surface area (Å²) in [5.74, 6) is -0.218. The molecule has 0 N–H and O–H groups in total. The zero-order valence-corrected chi connectivity index (χ0v) is 17.7. The highest BCUT2D eigenvalue weighted by Gasteiger charge is 2.25. The van der Waals surface area contributed by atoms with Crippen molar-refractivity contribution in [1.29, 1.82) is 0 Å². The van der Waals surface area contributed by atoms with Crippen LogP contribution in [0.3, 0.4) is 0 Å². The van der Waals surface area contributed by atoms with Gasteiger partial charge < -0.3 is 28.1 Å². The molecule has 0 spiro atoms. The van der Waals surface area contributed by atoms with Gasteiger partial charge in [0.05, 0.1) is 25.4 Å². The summed E-state index contributed by atoms with van der Waals surface area (Å²) in [6.45, 7) is 0.611. The molecule has 0 saturated carbocycles. The Morgan fingerprint density at radius 1 is 0.719 bits per heavy atom. The lowest BCUT2D eigenvalue weighted by atomic mass is 10.2. The highest BCUT2D eigenvalue weighted by Crippen LogP contribution is 2.07. The van der Waals surface area contributed by atoms with E-state index >= 15 is 0 Å². The van der Waals surface area contributed by atoms with E-state index in [1.165, 1.54) is 12.5 Å². The molecule has 2 amide bonds. The van der Waals surface area contributed by atoms with Crippen molar-refractivity contribution in [2.45, 2.75) is 25.7 Å². The van der Waals surface area contributed by atoms with Crippen molar-refractivity contribution < 1.29 is 37.5 Å². The summed E-state index contributed by atoms with van der Waals surface area (Å²) in [5, 5.41) is 0. The van der Waals surface area contributed by atoms with Crippen LogP contribution in [0.15, 0.2) is 45.6 Å². The van der Waals surface area contributed by atoms with E-state index in [9.17, 15) is 19.2 Å². The Hall–Kier alpha value is -3.56. The molecule has 2 aromatic rings. The van der Waals surface area contributed by atoms with Crippen LogP contribution in [0.2, 0.25) is 0 Å². The van der Waals surface area contributed by atoms with E-state index in [2.05, 4.69) is 0 Å². The van der Waals surface area contributed by atoms with Crippen LogP contribution in [0.4, 0.5) is 0 Å². The van der Waals surface area contributed by atoms with Gasteiger partial charge in [-0.05, 0) is 24.3 Å². The molecule has 10 heteroatoms. The first-order valence-corrected chi connectivity index (χ1v) is 10.4. The number of furan rings is 2. The lowest BCUT2D eigenvalue weighted by molar-refractivity contribution is -0.155. The maximum Gasteiger partial charge on any atom is 0.306 e. The third-order valence-corrected chi connectivity index (χ3v) is 5.01. The zero-order valence-electron chi connectivity index (χ0n) is 17.7. The molecule has 0 atom stereocenters. The molecule has 1 aliphatic heterocycles. The van der Waals surface area contributed by atoms with E-state index in [4.69, 9.17) is 18.3 Å². The number of esters is 2. The van der Waals surface area contributed by atoms with Gasteiger partial charge in [-0.15, -0.1) is 0 Å². The monoisotopic (exact) mass is 446 g/mol. The Labute approximate surface area is 185 Å². The van der Waals surface area contributed by atoms with Gasteiger partial charge in [0.2, 0.25) is 0 Å². The average molecular weight is 446 g/mol. The maximum absolute atomic E-state index is 12.2. The summed E-state index contributed by atoms with van der Waals surface area (Å²) >= 11 is 0. The van der Waals surface area contributed by atoms with Crippen LogP contribution in [0.5, 0.6) is 0 Å². The van der Waals surface area contributed by atoms with Crippen LogP contribution in [0, 0.1) is 0 Å². The number of ether oxygens (including phenoxy) is 2. The lowest BCUT2D eigenvalue weighted by Crippen LogP contribution is -2.52. The van der Waals surface area contributed by atoms with Crippen LogP contribution < -0.4 is 0 Å². The number of rotatable bonds is 10. The second-order valence-corrected chi connectivity index (χ2v) is 7.24. The fourth-order valence-corrected chi connectivity index (χ4v) is 3.18. The third kappa shape index (κ3) is 7.29. The molecule has 10 nitrogen and oxygen atoms in total. The molecule has 0 aromatic carbocycles. The molecule has 172 valence electrons. The topological polar surface area (TPSA) is 120 Å². The number of carbonyl (C=O) groups excluding carboxylic acids is 4. The van der Waals surface area contributed by atoms with E-state index in [1.54, 1.807) is 34.1 Å². The third-order valence-electron chi connectivity index (χ3n) is 5.01. The maximum atomic E-state index is 12.2. The first-order chi connectivity index (χ1) is 15.5. The second kappa shape index (κ2) is 11.7. The summed E-state index contributed by atoms with van der Waals surface area (Å²) in [5.41, 5.74) is 0. The molecule has 32 heavy (non-hydrogen) atoms. The van der Waals surface area contributed by atoms with E-state index in [0.29, 0.717) is 50.5 Å². The minimum atomic E-state index is -0.475. The summed E-state index contributed by atoms with van der Waals surface area (Å²) < 4.78 is 20.3. The fraction of sp³-hybridized carbons (Fsp3) is 0.455. The summed E-state index contributed by atoms with van der Waals surface area (Å²) in [6, 6.07) is 7.00. The standard InChI is InChI=1S/C22H26N2O8/c25-19(15-31-21(27)7-5-17-3-1-13-29-17)23-9-11-24(12-10-23)20(26)16-32-22(28)8-6-18-4-2-14-30-18/h1-4,13-14H,5-12,15-16H2. The van der Waals surface area contributed by atoms with Gasteiger partial charge in [0, 0.05) is 39.0 Å². The Bertz CT molecular complexity index is 809. The minimum absolute atomic E-state index is 0.128. The van der Waals surface area contributed by atoms with Gasteiger partial charge in [-0.1, -0.05) is 0 Å². The van der Waals surface area contributed by atoms with Crippen molar-refractivity contribution >= 4 is 23.8 Å². The number of piperazine rings is 1. The SMILES string of the molecule is O=C(CCc1ccco1)OCC(=O)N1CCN(C(=O)COC(=O)CCc2ccco2)CC1. The molecule has 0 aliphatic carbocycles. The van der Waals surface area contributed by atoms with Gasteiger partial charge >= 0.3 is 11.9 Å². The first kappa shape index (κ1) is 23.1. The molecule has 0 unspecified atom stereocenters. The van der Waals surface area contributed by atoms with E-state index in [0.717, 1.165) is 0 Å². The number of hydrogen-bond donors (Lipinski definition) is 0. The van der Waals surface area contributed by atoms with E-state index < -0.39 is 11.9 Å². The van der Waals surface area contributed by atoms with Crippen LogP contribution in [0.25, 0.3) is 0 Å². The van der Waals surface area contributed by atoms with E-state index in [-0.39, 0.29) is 37.9 Å². The van der Waals surface area contributed by atoms with Crippen LogP contribution in [-0.4, -0.2) is 72.9 Å². The predicted molar refractivity (Wildman–Crippen MR) is 109 cm³/mol. The highest BCUT2D eigenvalue weighted by molar-refractivity contribution is 5.82. The Morgan fingerprint density at radius 3 is 1.47 bits per heavy atom. The van der Waals surface area contributed by atoms with Crippen LogP contribution >= 0.6 is 0 Å². The summed E-state index contributed by atoms with van der Waals surface area (Å²) in [4.78, 5) is 51.1. The molecule has 1 aliphatic rings. The largest absolute Gasteiger partial charge is 0.469 e. The van der Waals surface area contributed by atoms with Gasteiger partial charge in [0.1, 0.15) is 11.5 Å². The average Bonchev–Trinajstić information content (AvgIpc) is 3.52. The first-order valence-electron chi connectivity index (χ1n) is 10.4. The lowest BCUT2D eigenvalue weighted by Gasteiger charge is -2.34. The van der Waals surface area contributed by atoms with E-state index in [1.807, 2.05) is 0 Å². The second-order valence-electron chi connectivity index (χ2n) is 7.24. The van der Waals surface area contributed by atoms with Gasteiger partial charge in [-0.25, -0.2) is 0 Å². The summed E-state index contributed by atoms with van der Waals surface area (Å²) in [6.07, 6.45) is 4.14. The molecule has 0 bridgehead atoms. The molecule has 0 radical (unpaired) electrons. The molecule has 1 saturated heterocycles. The highest BCUT2D eigenvalue weighted by atomic mass is 16.5. The quantitative estimate of drug-likeness (QED) is 0.500. The molecular weight excluding hydrogens is 420 g/mol. The molecule has 1 fully saturated rings. The Balaban J connectivity index is 1.28. The number of hydrogen-bond acceptors (Lipinski definition) is 8. The number of nitrogens with zero attached hydrogens (tertiary/aromatic N) is 2. The van der Waals surface area contributed by atoms with Crippen molar-refractivity contribution in [3.63, 3.8) is 0 Å². The number of amides is 2. The van der Waals surface area contributed by atoms with Crippen molar-refractivity contribution in [3.05, 3.63) is 48.3 Å². The van der Waals surface area contributed by atoms with Crippen molar-refractivity contribution in [2.75, 3.05) is 39.4 Å². The number of carbonyl (C=O) groups is 4. The Morgan fingerprint density at radius 2 is 1.12 bits per heavy atom. The molecule has 3 rings (SSSR count).